The average molecular weight is 405 g/mol. The van der Waals surface area contributed by atoms with Crippen molar-refractivity contribution in [2.75, 3.05) is 11.4 Å². The number of hydrogen-bond acceptors (Lipinski definition) is 4. The first-order chi connectivity index (χ1) is 13.7. The first-order valence-corrected chi connectivity index (χ1v) is 8.80. The van der Waals surface area contributed by atoms with Crippen LogP contribution in [0.1, 0.15) is 29.4 Å². The van der Waals surface area contributed by atoms with Gasteiger partial charge in [-0.2, -0.15) is 18.2 Å². The number of benzene rings is 2. The molecule has 2 heterocycles. The lowest BCUT2D eigenvalue weighted by molar-refractivity contribution is -0.137. The van der Waals surface area contributed by atoms with Gasteiger partial charge in [-0.05, 0) is 36.8 Å². The molecule has 1 aliphatic heterocycles. The summed E-state index contributed by atoms with van der Waals surface area (Å²) < 4.78 is 58.1. The van der Waals surface area contributed by atoms with Crippen molar-refractivity contribution in [2.45, 2.75) is 25.4 Å². The highest BCUT2D eigenvalue weighted by Gasteiger charge is 2.36. The van der Waals surface area contributed by atoms with Gasteiger partial charge in [0.05, 0.1) is 17.2 Å². The number of halogens is 4. The van der Waals surface area contributed by atoms with E-state index in [1.165, 1.54) is 23.1 Å². The molecule has 150 valence electrons. The molecule has 0 saturated carbocycles. The molecule has 1 unspecified atom stereocenters. The molecule has 0 N–H and O–H groups in total. The molecule has 0 aliphatic carbocycles. The van der Waals surface area contributed by atoms with Gasteiger partial charge in [-0.25, -0.2) is 4.39 Å². The number of aryl methyl sites for hydroxylation is 1. The molecule has 29 heavy (non-hydrogen) atoms. The van der Waals surface area contributed by atoms with E-state index in [4.69, 9.17) is 4.52 Å². The van der Waals surface area contributed by atoms with Crippen LogP contribution >= 0.6 is 0 Å². The summed E-state index contributed by atoms with van der Waals surface area (Å²) in [5, 5.41) is 3.75. The second-order valence-electron chi connectivity index (χ2n) is 6.90. The SMILES string of the molecule is Cc1ccc(F)c(N2CC(c3nc(-c4cccc(C(F)(F)F)c4)no3)CC2=O)c1. The molecule has 0 radical (unpaired) electrons. The fraction of sp³-hybridized carbons (Fsp3) is 0.250. The monoisotopic (exact) mass is 405 g/mol. The van der Waals surface area contributed by atoms with Gasteiger partial charge < -0.3 is 9.42 Å². The first-order valence-electron chi connectivity index (χ1n) is 8.80. The van der Waals surface area contributed by atoms with Crippen molar-refractivity contribution in [2.24, 2.45) is 0 Å². The van der Waals surface area contributed by atoms with E-state index >= 15 is 0 Å². The molecule has 3 aromatic rings. The Morgan fingerprint density at radius 3 is 2.72 bits per heavy atom. The number of carbonyl (C=O) groups excluding carboxylic acids is 1. The van der Waals surface area contributed by atoms with E-state index in [1.54, 1.807) is 19.1 Å². The number of anilines is 1. The van der Waals surface area contributed by atoms with E-state index in [0.29, 0.717) is 0 Å². The highest BCUT2D eigenvalue weighted by molar-refractivity contribution is 5.96. The van der Waals surface area contributed by atoms with Crippen molar-refractivity contribution in [3.63, 3.8) is 0 Å². The number of carbonyl (C=O) groups is 1. The Morgan fingerprint density at radius 1 is 1.17 bits per heavy atom. The van der Waals surface area contributed by atoms with Gasteiger partial charge in [0.1, 0.15) is 5.82 Å². The molecule has 4 rings (SSSR count). The summed E-state index contributed by atoms with van der Waals surface area (Å²) >= 11 is 0. The summed E-state index contributed by atoms with van der Waals surface area (Å²) in [6, 6.07) is 9.07. The topological polar surface area (TPSA) is 59.2 Å². The van der Waals surface area contributed by atoms with Crippen LogP contribution in [-0.2, 0) is 11.0 Å². The van der Waals surface area contributed by atoms with Crippen LogP contribution in [0.15, 0.2) is 47.0 Å². The number of amides is 1. The second kappa shape index (κ2) is 6.98. The molecule has 0 spiro atoms. The van der Waals surface area contributed by atoms with E-state index < -0.39 is 23.5 Å². The molecule has 1 amide bonds. The highest BCUT2D eigenvalue weighted by atomic mass is 19.4. The third-order valence-electron chi connectivity index (χ3n) is 4.76. The van der Waals surface area contributed by atoms with Crippen LogP contribution in [0.5, 0.6) is 0 Å². The van der Waals surface area contributed by atoms with Crippen molar-refractivity contribution in [3.8, 4) is 11.4 Å². The van der Waals surface area contributed by atoms with E-state index in [9.17, 15) is 22.4 Å². The molecular weight excluding hydrogens is 390 g/mol. The zero-order valence-electron chi connectivity index (χ0n) is 15.2. The predicted molar refractivity (Wildman–Crippen MR) is 95.6 cm³/mol. The molecule has 1 atom stereocenters. The van der Waals surface area contributed by atoms with Crippen molar-refractivity contribution < 1.29 is 26.9 Å². The minimum atomic E-state index is -4.49. The van der Waals surface area contributed by atoms with Gasteiger partial charge in [-0.3, -0.25) is 4.79 Å². The quantitative estimate of drug-likeness (QED) is 0.592. The zero-order valence-corrected chi connectivity index (χ0v) is 15.2. The standard InChI is InChI=1S/C20H15F4N3O2/c1-11-5-6-15(21)16(7-11)27-10-13(9-17(27)28)19-25-18(26-29-19)12-3-2-4-14(8-12)20(22,23)24/h2-8,13H,9-10H2,1H3. The Kier molecular flexibility index (Phi) is 4.60. The van der Waals surface area contributed by atoms with Crippen LogP contribution in [0.2, 0.25) is 0 Å². The predicted octanol–water partition coefficient (Wildman–Crippen LogP) is 4.72. The summed E-state index contributed by atoms with van der Waals surface area (Å²) in [7, 11) is 0. The van der Waals surface area contributed by atoms with Crippen LogP contribution in [0.3, 0.4) is 0 Å². The first kappa shape index (κ1) is 19.1. The zero-order chi connectivity index (χ0) is 20.8. The minimum Gasteiger partial charge on any atom is -0.339 e. The maximum atomic E-state index is 14.1. The third-order valence-corrected chi connectivity index (χ3v) is 4.76. The van der Waals surface area contributed by atoms with E-state index in [1.807, 2.05) is 0 Å². The molecule has 1 fully saturated rings. The summed E-state index contributed by atoms with van der Waals surface area (Å²) in [6.07, 6.45) is -4.45. The largest absolute Gasteiger partial charge is 0.416 e. The highest BCUT2D eigenvalue weighted by Crippen LogP contribution is 2.35. The molecular formula is C20H15F4N3O2. The molecule has 1 aliphatic rings. The van der Waals surface area contributed by atoms with Crippen molar-refractivity contribution in [1.82, 2.24) is 10.1 Å². The normalized spacial score (nSPS) is 17.2. The number of alkyl halides is 3. The molecule has 5 nitrogen and oxygen atoms in total. The van der Waals surface area contributed by atoms with Crippen LogP contribution < -0.4 is 4.90 Å². The maximum Gasteiger partial charge on any atom is 0.416 e. The van der Waals surface area contributed by atoms with Gasteiger partial charge in [-0.15, -0.1) is 0 Å². The molecule has 2 aromatic carbocycles. The summed E-state index contributed by atoms with van der Waals surface area (Å²) in [5.74, 6) is -1.16. The van der Waals surface area contributed by atoms with Gasteiger partial charge >= 0.3 is 6.18 Å². The van der Waals surface area contributed by atoms with Gasteiger partial charge in [-0.1, -0.05) is 23.4 Å². The van der Waals surface area contributed by atoms with Gasteiger partial charge in [0, 0.05) is 18.5 Å². The molecule has 9 heteroatoms. The Hall–Kier alpha value is -3.23. The average Bonchev–Trinajstić information content (AvgIpc) is 3.30. The lowest BCUT2D eigenvalue weighted by atomic mass is 10.1. The van der Waals surface area contributed by atoms with Gasteiger partial charge in [0.15, 0.2) is 0 Å². The number of rotatable bonds is 3. The van der Waals surface area contributed by atoms with E-state index in [-0.39, 0.29) is 41.8 Å². The fourth-order valence-corrected chi connectivity index (χ4v) is 3.29. The van der Waals surface area contributed by atoms with Crippen LogP contribution in [0.4, 0.5) is 23.2 Å². The maximum absolute atomic E-state index is 14.1. The summed E-state index contributed by atoms with van der Waals surface area (Å²) in [6.45, 7) is 1.93. The summed E-state index contributed by atoms with van der Waals surface area (Å²) in [4.78, 5) is 17.9. The third kappa shape index (κ3) is 3.72. The summed E-state index contributed by atoms with van der Waals surface area (Å²) in [5.41, 5.74) is 0.316. The Balaban J connectivity index is 1.58. The Morgan fingerprint density at radius 2 is 1.97 bits per heavy atom. The second-order valence-corrected chi connectivity index (χ2v) is 6.90. The molecule has 1 aromatic heterocycles. The van der Waals surface area contributed by atoms with Crippen molar-refractivity contribution in [3.05, 3.63) is 65.3 Å². The van der Waals surface area contributed by atoms with Gasteiger partial charge in [0.2, 0.25) is 17.6 Å². The van der Waals surface area contributed by atoms with E-state index in [0.717, 1.165) is 17.7 Å². The number of aromatic nitrogens is 2. The smallest absolute Gasteiger partial charge is 0.339 e. The van der Waals surface area contributed by atoms with Crippen LogP contribution in [-0.4, -0.2) is 22.6 Å². The van der Waals surface area contributed by atoms with Crippen LogP contribution in [0.25, 0.3) is 11.4 Å². The Bertz CT molecular complexity index is 1080. The minimum absolute atomic E-state index is 0.00117. The van der Waals surface area contributed by atoms with Gasteiger partial charge in [0.25, 0.3) is 0 Å². The molecule has 1 saturated heterocycles. The lowest BCUT2D eigenvalue weighted by Gasteiger charge is -2.17. The molecule has 0 bridgehead atoms. The van der Waals surface area contributed by atoms with Crippen molar-refractivity contribution in [1.29, 1.82) is 0 Å². The number of hydrogen-bond donors (Lipinski definition) is 0. The lowest BCUT2D eigenvalue weighted by Crippen LogP contribution is -2.25. The van der Waals surface area contributed by atoms with E-state index in [2.05, 4.69) is 10.1 Å². The fourth-order valence-electron chi connectivity index (χ4n) is 3.29. The Labute approximate surface area is 162 Å². The van der Waals surface area contributed by atoms with Crippen LogP contribution in [0, 0.1) is 12.7 Å². The van der Waals surface area contributed by atoms with Crippen molar-refractivity contribution >= 4 is 11.6 Å². The number of nitrogens with zero attached hydrogens (tertiary/aromatic N) is 3.